The number of aromatic nitrogens is 4. The van der Waals surface area contributed by atoms with Gasteiger partial charge in [0.15, 0.2) is 0 Å². The smallest absolute Gasteiger partial charge is 0.199 e. The van der Waals surface area contributed by atoms with Gasteiger partial charge in [-0.15, -0.1) is 11.8 Å². The molecule has 0 saturated carbocycles. The average molecular weight is 257 g/mol. The van der Waals surface area contributed by atoms with Gasteiger partial charge in [0.2, 0.25) is 0 Å². The van der Waals surface area contributed by atoms with E-state index in [2.05, 4.69) is 22.0 Å². The van der Waals surface area contributed by atoms with Crippen LogP contribution in [0.2, 0.25) is 5.15 Å². The molecule has 0 saturated heterocycles. The molecule has 16 heavy (non-hydrogen) atoms. The van der Waals surface area contributed by atoms with Crippen LogP contribution in [0.15, 0.2) is 11.4 Å². The maximum absolute atomic E-state index is 6.06. The van der Waals surface area contributed by atoms with Crippen LogP contribution in [0, 0.1) is 6.92 Å². The zero-order valence-electron chi connectivity index (χ0n) is 9.27. The molecule has 86 valence electrons. The molecular weight excluding hydrogens is 244 g/mol. The molecule has 0 N–H and O–H groups in total. The molecular formula is C10H13ClN4S. The first kappa shape index (κ1) is 11.7. The zero-order chi connectivity index (χ0) is 11.5. The van der Waals surface area contributed by atoms with Gasteiger partial charge in [-0.25, -0.2) is 0 Å². The fourth-order valence-electron chi connectivity index (χ4n) is 1.36. The topological polar surface area (TPSA) is 43.1 Å². The molecule has 0 aliphatic carbocycles. The van der Waals surface area contributed by atoms with Crippen molar-refractivity contribution in [3.8, 4) is 0 Å². The molecule has 4 nitrogen and oxygen atoms in total. The van der Waals surface area contributed by atoms with Gasteiger partial charge in [0, 0.05) is 5.56 Å². The molecule has 0 unspecified atom stereocenters. The second kappa shape index (κ2) is 5.01. The minimum Gasteiger partial charge on any atom is -0.199 e. The molecule has 0 aliphatic rings. The predicted octanol–water partition coefficient (Wildman–Crippen LogP) is 2.98. The third-order valence-electron chi connectivity index (χ3n) is 2.29. The van der Waals surface area contributed by atoms with Gasteiger partial charge in [-0.05, 0) is 19.1 Å². The Kier molecular flexibility index (Phi) is 3.66. The lowest BCUT2D eigenvalue weighted by atomic mass is 10.4. The van der Waals surface area contributed by atoms with Crippen LogP contribution >= 0.6 is 23.4 Å². The molecule has 2 rings (SSSR count). The van der Waals surface area contributed by atoms with Gasteiger partial charge in [0.25, 0.3) is 5.78 Å². The summed E-state index contributed by atoms with van der Waals surface area (Å²) in [5.74, 6) is 1.63. The van der Waals surface area contributed by atoms with Crippen LogP contribution in [0.3, 0.4) is 0 Å². The average Bonchev–Trinajstić information content (AvgIpc) is 2.71. The van der Waals surface area contributed by atoms with Crippen LogP contribution in [-0.2, 0) is 0 Å². The highest BCUT2D eigenvalue weighted by Gasteiger charge is 2.12. The Hall–Kier alpha value is -0.810. The Morgan fingerprint density at radius 3 is 3.06 bits per heavy atom. The lowest BCUT2D eigenvalue weighted by Crippen LogP contribution is -2.00. The molecule has 0 bridgehead atoms. The molecule has 0 amide bonds. The van der Waals surface area contributed by atoms with Gasteiger partial charge in [0.1, 0.15) is 16.5 Å². The van der Waals surface area contributed by atoms with Crippen molar-refractivity contribution in [2.75, 3.05) is 5.75 Å². The van der Waals surface area contributed by atoms with E-state index in [1.165, 1.54) is 19.2 Å². The third kappa shape index (κ3) is 2.15. The summed E-state index contributed by atoms with van der Waals surface area (Å²) in [6.07, 6.45) is 3.87. The van der Waals surface area contributed by atoms with Crippen molar-refractivity contribution in [3.05, 3.63) is 17.0 Å². The van der Waals surface area contributed by atoms with E-state index >= 15 is 0 Å². The van der Waals surface area contributed by atoms with Crippen molar-refractivity contribution < 1.29 is 0 Å². The number of hydrogen-bond donors (Lipinski definition) is 0. The second-order valence-electron chi connectivity index (χ2n) is 3.51. The summed E-state index contributed by atoms with van der Waals surface area (Å²) in [7, 11) is 0. The minimum atomic E-state index is 0.513. The van der Waals surface area contributed by atoms with Crippen molar-refractivity contribution in [1.29, 1.82) is 0 Å². The van der Waals surface area contributed by atoms with Gasteiger partial charge in [0.05, 0.1) is 0 Å². The van der Waals surface area contributed by atoms with Gasteiger partial charge in [-0.2, -0.15) is 19.6 Å². The minimum absolute atomic E-state index is 0.513. The Balaban J connectivity index is 2.39. The van der Waals surface area contributed by atoms with Crippen molar-refractivity contribution >= 4 is 29.1 Å². The van der Waals surface area contributed by atoms with Crippen molar-refractivity contribution in [2.24, 2.45) is 0 Å². The highest BCUT2D eigenvalue weighted by atomic mass is 35.5. The van der Waals surface area contributed by atoms with E-state index in [4.69, 9.17) is 11.6 Å². The summed E-state index contributed by atoms with van der Waals surface area (Å²) in [5, 5.41) is 5.72. The number of unbranched alkanes of at least 4 members (excludes halogenated alkanes) is 1. The summed E-state index contributed by atoms with van der Waals surface area (Å²) in [4.78, 5) is 8.22. The molecule has 0 aromatic carbocycles. The maximum atomic E-state index is 6.06. The molecule has 6 heteroatoms. The number of fused-ring (bicyclic) bond motifs is 1. The number of nitrogens with zero attached hydrogens (tertiary/aromatic N) is 4. The first-order chi connectivity index (χ1) is 7.74. The van der Waals surface area contributed by atoms with Crippen molar-refractivity contribution in [2.45, 2.75) is 31.7 Å². The van der Waals surface area contributed by atoms with E-state index in [1.54, 1.807) is 16.3 Å². The molecule has 0 spiro atoms. The number of rotatable bonds is 4. The lowest BCUT2D eigenvalue weighted by Gasteiger charge is -2.07. The monoisotopic (exact) mass is 256 g/mol. The van der Waals surface area contributed by atoms with E-state index in [9.17, 15) is 0 Å². The number of halogens is 1. The van der Waals surface area contributed by atoms with Crippen LogP contribution < -0.4 is 0 Å². The fourth-order valence-corrected chi connectivity index (χ4v) is 2.77. The summed E-state index contributed by atoms with van der Waals surface area (Å²) in [6.45, 7) is 4.14. The zero-order valence-corrected chi connectivity index (χ0v) is 10.8. The largest absolute Gasteiger partial charge is 0.254 e. The van der Waals surface area contributed by atoms with Gasteiger partial charge in [-0.1, -0.05) is 24.9 Å². The molecule has 2 aromatic heterocycles. The first-order valence-electron chi connectivity index (χ1n) is 5.22. The highest BCUT2D eigenvalue weighted by Crippen LogP contribution is 2.27. The van der Waals surface area contributed by atoms with Gasteiger partial charge >= 0.3 is 0 Å². The van der Waals surface area contributed by atoms with Crippen LogP contribution in [0.1, 0.15) is 25.3 Å². The number of thioether (sulfide) groups is 1. The van der Waals surface area contributed by atoms with E-state index in [0.29, 0.717) is 10.9 Å². The standard InChI is InChI=1S/C10H13ClN4S/c1-3-4-5-16-9-7(2)8(11)14-10-12-6-13-15(9)10/h6H,3-5H2,1-2H3. The highest BCUT2D eigenvalue weighted by molar-refractivity contribution is 7.99. The van der Waals surface area contributed by atoms with Crippen molar-refractivity contribution in [3.63, 3.8) is 0 Å². The number of hydrogen-bond acceptors (Lipinski definition) is 4. The predicted molar refractivity (Wildman–Crippen MR) is 66.2 cm³/mol. The summed E-state index contributed by atoms with van der Waals surface area (Å²) in [6, 6.07) is 0. The van der Waals surface area contributed by atoms with Crippen LogP contribution in [0.25, 0.3) is 5.78 Å². The molecule has 2 heterocycles. The van der Waals surface area contributed by atoms with E-state index in [1.807, 2.05) is 6.92 Å². The first-order valence-corrected chi connectivity index (χ1v) is 6.59. The SMILES string of the molecule is CCCCSc1c(C)c(Cl)nc2ncnn12. The van der Waals surface area contributed by atoms with E-state index < -0.39 is 0 Å². The van der Waals surface area contributed by atoms with Crippen molar-refractivity contribution in [1.82, 2.24) is 19.6 Å². The quantitative estimate of drug-likeness (QED) is 0.479. The fraction of sp³-hybridized carbons (Fsp3) is 0.500. The summed E-state index contributed by atoms with van der Waals surface area (Å²) < 4.78 is 1.75. The summed E-state index contributed by atoms with van der Waals surface area (Å²) >= 11 is 7.81. The maximum Gasteiger partial charge on any atom is 0.254 e. The molecule has 0 aliphatic heterocycles. The van der Waals surface area contributed by atoms with E-state index in [0.717, 1.165) is 16.3 Å². The molecule has 0 atom stereocenters. The molecule has 0 radical (unpaired) electrons. The second-order valence-corrected chi connectivity index (χ2v) is 4.95. The Labute approximate surface area is 103 Å². The van der Waals surface area contributed by atoms with Crippen LogP contribution in [0.4, 0.5) is 0 Å². The van der Waals surface area contributed by atoms with Gasteiger partial charge in [-0.3, -0.25) is 0 Å². The summed E-state index contributed by atoms with van der Waals surface area (Å²) in [5.41, 5.74) is 0.973. The Morgan fingerprint density at radius 2 is 2.31 bits per heavy atom. The molecule has 2 aromatic rings. The lowest BCUT2D eigenvalue weighted by molar-refractivity contribution is 0.821. The van der Waals surface area contributed by atoms with E-state index in [-0.39, 0.29) is 0 Å². The Morgan fingerprint density at radius 1 is 1.50 bits per heavy atom. The van der Waals surface area contributed by atoms with Gasteiger partial charge < -0.3 is 0 Å². The molecule has 0 fully saturated rings. The van der Waals surface area contributed by atoms with Crippen LogP contribution in [-0.4, -0.2) is 25.3 Å². The third-order valence-corrected chi connectivity index (χ3v) is 3.90. The normalized spacial score (nSPS) is 11.2. The van der Waals surface area contributed by atoms with Crippen LogP contribution in [0.5, 0.6) is 0 Å². The Bertz CT molecular complexity index is 497.